The van der Waals surface area contributed by atoms with Crippen molar-refractivity contribution in [3.63, 3.8) is 0 Å². The molecule has 1 saturated carbocycles. The van der Waals surface area contributed by atoms with Crippen molar-refractivity contribution < 1.29 is 13.6 Å². The van der Waals surface area contributed by atoms with Gasteiger partial charge in [0.25, 0.3) is 5.91 Å². The molecule has 0 spiro atoms. The molecule has 17 heavy (non-hydrogen) atoms. The Morgan fingerprint density at radius 3 is 2.71 bits per heavy atom. The molecule has 0 aromatic heterocycles. The fraction of sp³-hybridized carbons (Fsp3) is 0.462. The number of hydrogen-bond donors (Lipinski definition) is 1. The number of rotatable bonds is 3. The van der Waals surface area contributed by atoms with E-state index in [1.165, 1.54) is 18.6 Å². The first kappa shape index (κ1) is 12.0. The molecule has 1 aliphatic carbocycles. The van der Waals surface area contributed by atoms with Crippen LogP contribution in [0.4, 0.5) is 8.78 Å². The molecule has 0 atom stereocenters. The van der Waals surface area contributed by atoms with Gasteiger partial charge >= 0.3 is 0 Å². The van der Waals surface area contributed by atoms with Gasteiger partial charge in [-0.2, -0.15) is 0 Å². The highest BCUT2D eigenvalue weighted by Crippen LogP contribution is 2.39. The quantitative estimate of drug-likeness (QED) is 0.863. The van der Waals surface area contributed by atoms with E-state index in [1.54, 1.807) is 0 Å². The van der Waals surface area contributed by atoms with Gasteiger partial charge < -0.3 is 5.32 Å². The van der Waals surface area contributed by atoms with Crippen molar-refractivity contribution in [1.29, 1.82) is 0 Å². The molecule has 0 aliphatic heterocycles. The minimum Gasteiger partial charge on any atom is -0.351 e. The van der Waals surface area contributed by atoms with E-state index < -0.39 is 17.5 Å². The molecule has 0 bridgehead atoms. The lowest BCUT2D eigenvalue weighted by molar-refractivity contribution is 0.0886. The van der Waals surface area contributed by atoms with Crippen LogP contribution >= 0.6 is 0 Å². The Morgan fingerprint density at radius 2 is 2.12 bits per heavy atom. The molecule has 1 aromatic carbocycles. The minimum atomic E-state index is -1.08. The van der Waals surface area contributed by atoms with Gasteiger partial charge in [-0.3, -0.25) is 4.79 Å². The van der Waals surface area contributed by atoms with Crippen LogP contribution in [-0.4, -0.2) is 12.5 Å². The Kier molecular flexibility index (Phi) is 3.13. The molecule has 0 saturated heterocycles. The van der Waals surface area contributed by atoms with Crippen LogP contribution in [0.1, 0.15) is 36.5 Å². The monoisotopic (exact) mass is 239 g/mol. The molecule has 1 N–H and O–H groups in total. The summed E-state index contributed by atoms with van der Waals surface area (Å²) in [6.45, 7) is 2.60. The zero-order valence-corrected chi connectivity index (χ0v) is 9.72. The van der Waals surface area contributed by atoms with Gasteiger partial charge in [-0.25, -0.2) is 8.78 Å². The number of carbonyl (C=O) groups excluding carboxylic acids is 1. The van der Waals surface area contributed by atoms with E-state index in [2.05, 4.69) is 12.2 Å². The molecular formula is C13H15F2NO. The first-order valence-electron chi connectivity index (χ1n) is 5.74. The minimum absolute atomic E-state index is 0.124. The molecular weight excluding hydrogens is 224 g/mol. The molecule has 92 valence electrons. The first-order chi connectivity index (χ1) is 8.02. The molecule has 1 aliphatic rings. The van der Waals surface area contributed by atoms with Gasteiger partial charge in [-0.15, -0.1) is 0 Å². The number of amides is 1. The van der Waals surface area contributed by atoms with E-state index in [0.717, 1.165) is 18.9 Å². The number of nitrogens with one attached hydrogen (secondary N) is 1. The van der Waals surface area contributed by atoms with Gasteiger partial charge in [-0.1, -0.05) is 19.4 Å². The highest BCUT2D eigenvalue weighted by molar-refractivity contribution is 5.94. The fourth-order valence-corrected chi connectivity index (χ4v) is 2.03. The van der Waals surface area contributed by atoms with E-state index in [4.69, 9.17) is 0 Å². The summed E-state index contributed by atoms with van der Waals surface area (Å²) >= 11 is 0. The van der Waals surface area contributed by atoms with Crippen LogP contribution in [-0.2, 0) is 0 Å². The van der Waals surface area contributed by atoms with Crippen LogP contribution in [0.25, 0.3) is 0 Å². The third-order valence-electron chi connectivity index (χ3n) is 3.43. The van der Waals surface area contributed by atoms with Crippen LogP contribution in [0, 0.1) is 17.0 Å². The number of benzene rings is 1. The number of halogens is 2. The molecule has 1 amide bonds. The fourth-order valence-electron chi connectivity index (χ4n) is 2.03. The van der Waals surface area contributed by atoms with Gasteiger partial charge in [0.05, 0.1) is 5.56 Å². The van der Waals surface area contributed by atoms with Crippen LogP contribution in [0.15, 0.2) is 18.2 Å². The van der Waals surface area contributed by atoms with E-state index in [0.29, 0.717) is 6.54 Å². The zero-order valence-electron chi connectivity index (χ0n) is 9.72. The third kappa shape index (κ3) is 2.46. The topological polar surface area (TPSA) is 29.1 Å². The van der Waals surface area contributed by atoms with Crippen LogP contribution < -0.4 is 5.32 Å². The summed E-state index contributed by atoms with van der Waals surface area (Å²) in [5, 5.41) is 2.66. The summed E-state index contributed by atoms with van der Waals surface area (Å²) in [6.07, 6.45) is 3.30. The second-order valence-electron chi connectivity index (χ2n) is 4.95. The van der Waals surface area contributed by atoms with Crippen molar-refractivity contribution >= 4 is 5.91 Å². The smallest absolute Gasteiger partial charge is 0.254 e. The molecule has 0 radical (unpaired) electrons. The Labute approximate surface area is 99.0 Å². The lowest BCUT2D eigenvalue weighted by Gasteiger charge is -2.38. The largest absolute Gasteiger partial charge is 0.351 e. The van der Waals surface area contributed by atoms with Crippen molar-refractivity contribution in [2.24, 2.45) is 5.41 Å². The van der Waals surface area contributed by atoms with Gasteiger partial charge in [0.1, 0.15) is 0 Å². The van der Waals surface area contributed by atoms with E-state index in [9.17, 15) is 13.6 Å². The summed E-state index contributed by atoms with van der Waals surface area (Å²) in [4.78, 5) is 11.7. The standard InChI is InChI=1S/C13H15F2NO/c1-13(6-3-7-13)8-16-12(17)9-4-2-5-10(14)11(9)15/h2,4-5H,3,6-8H2,1H3,(H,16,17). The Morgan fingerprint density at radius 1 is 1.41 bits per heavy atom. The maximum atomic E-state index is 13.3. The maximum absolute atomic E-state index is 13.3. The van der Waals surface area contributed by atoms with Gasteiger partial charge in [0.2, 0.25) is 0 Å². The Hall–Kier alpha value is -1.45. The lowest BCUT2D eigenvalue weighted by Crippen LogP contribution is -2.40. The van der Waals surface area contributed by atoms with Gasteiger partial charge in [0.15, 0.2) is 11.6 Å². The first-order valence-corrected chi connectivity index (χ1v) is 5.74. The predicted octanol–water partition coefficient (Wildman–Crippen LogP) is 2.88. The van der Waals surface area contributed by atoms with Crippen molar-refractivity contribution in [1.82, 2.24) is 5.32 Å². The molecule has 2 nitrogen and oxygen atoms in total. The molecule has 1 aromatic rings. The SMILES string of the molecule is CC1(CNC(=O)c2cccc(F)c2F)CCC1. The summed E-state index contributed by atoms with van der Waals surface area (Å²) in [5.74, 6) is -2.62. The summed E-state index contributed by atoms with van der Waals surface area (Å²) < 4.78 is 26.3. The van der Waals surface area contributed by atoms with E-state index in [-0.39, 0.29) is 11.0 Å². The molecule has 0 unspecified atom stereocenters. The van der Waals surface area contributed by atoms with Crippen LogP contribution in [0.5, 0.6) is 0 Å². The summed E-state index contributed by atoms with van der Waals surface area (Å²) in [7, 11) is 0. The van der Waals surface area contributed by atoms with Crippen molar-refractivity contribution in [3.8, 4) is 0 Å². The predicted molar refractivity (Wildman–Crippen MR) is 60.6 cm³/mol. The van der Waals surface area contributed by atoms with Crippen molar-refractivity contribution in [2.45, 2.75) is 26.2 Å². The van der Waals surface area contributed by atoms with Crippen LogP contribution in [0.3, 0.4) is 0 Å². The second-order valence-corrected chi connectivity index (χ2v) is 4.95. The second kappa shape index (κ2) is 4.43. The molecule has 2 rings (SSSR count). The average Bonchev–Trinajstić information content (AvgIpc) is 2.27. The Balaban J connectivity index is 2.02. The summed E-state index contributed by atoms with van der Waals surface area (Å²) in [6, 6.07) is 3.62. The zero-order chi connectivity index (χ0) is 12.5. The van der Waals surface area contributed by atoms with Crippen molar-refractivity contribution in [3.05, 3.63) is 35.4 Å². The lowest BCUT2D eigenvalue weighted by atomic mass is 9.70. The van der Waals surface area contributed by atoms with E-state index >= 15 is 0 Å². The van der Waals surface area contributed by atoms with E-state index in [1.807, 2.05) is 0 Å². The Bertz CT molecular complexity index is 441. The summed E-state index contributed by atoms with van der Waals surface area (Å²) in [5.41, 5.74) is -0.104. The number of hydrogen-bond acceptors (Lipinski definition) is 1. The maximum Gasteiger partial charge on any atom is 0.254 e. The highest BCUT2D eigenvalue weighted by Gasteiger charge is 2.32. The van der Waals surface area contributed by atoms with Crippen LogP contribution in [0.2, 0.25) is 0 Å². The van der Waals surface area contributed by atoms with Crippen molar-refractivity contribution in [2.75, 3.05) is 6.54 Å². The molecule has 1 fully saturated rings. The van der Waals surface area contributed by atoms with Gasteiger partial charge in [-0.05, 0) is 30.4 Å². The highest BCUT2D eigenvalue weighted by atomic mass is 19.2. The molecule has 0 heterocycles. The average molecular weight is 239 g/mol. The normalized spacial score (nSPS) is 17.4. The number of carbonyl (C=O) groups is 1. The van der Waals surface area contributed by atoms with Gasteiger partial charge in [0, 0.05) is 6.54 Å². The molecule has 4 heteroatoms. The third-order valence-corrected chi connectivity index (χ3v) is 3.43.